The van der Waals surface area contributed by atoms with Crippen LogP contribution in [0.15, 0.2) is 188 Å². The SMILES string of the molecule is CC(=O)c1ccc([C@H](C)NC(=O)c2c(C(F)(F)F)nn(C)c2Oc2ccc(F)c(F)c2)cc1.CC(=O)c1ccc([C@H](C)NC(=O)c2c(C(F)(F)F)nn(C)c2Oc2cccc(F)c2)cc1.CC(=O)c1ccc([C@H](C)NC(=O)c2c(C(F)F)nn(C)c2Oc2cccc(C(F)(F)F)c2)cc1.CC(=O)c1ccc([C@H](C)NC(=O)c2c(C)nn(C)c2Oc2cccc(OC(F)(F)F)c2)cc1. The smallest absolute Gasteiger partial charge is 0.438 e. The van der Waals surface area contributed by atoms with E-state index >= 15 is 0 Å². The molecule has 25 nitrogen and oxygen atoms in total. The van der Waals surface area contributed by atoms with Gasteiger partial charge < -0.3 is 45.0 Å². The second-order valence-corrected chi connectivity index (χ2v) is 29.2. The van der Waals surface area contributed by atoms with Crippen LogP contribution in [0.3, 0.4) is 0 Å². The van der Waals surface area contributed by atoms with Crippen molar-refractivity contribution in [2.75, 3.05) is 0 Å². The molecular weight excluding hydrogens is 1780 g/mol. The van der Waals surface area contributed by atoms with Crippen LogP contribution in [0.4, 0.5) is 74.6 Å². The minimum atomic E-state index is -4.99. The highest BCUT2D eigenvalue weighted by atomic mass is 19.4. The number of nitrogens with one attached hydrogen (secondary N) is 4. The molecule has 696 valence electrons. The van der Waals surface area contributed by atoms with Crippen LogP contribution in [0.5, 0.6) is 52.3 Å². The highest BCUT2D eigenvalue weighted by Gasteiger charge is 2.45. The number of hydrogen-bond donors (Lipinski definition) is 4. The van der Waals surface area contributed by atoms with Crippen molar-refractivity contribution in [1.82, 2.24) is 60.4 Å². The molecule has 12 rings (SSSR count). The van der Waals surface area contributed by atoms with Gasteiger partial charge in [-0.2, -0.15) is 59.9 Å². The molecule has 12 aromatic rings. The summed E-state index contributed by atoms with van der Waals surface area (Å²) in [5.41, 5.74) is -2.19. The Hall–Kier alpha value is -15.0. The van der Waals surface area contributed by atoms with E-state index in [2.05, 4.69) is 46.4 Å². The van der Waals surface area contributed by atoms with Crippen molar-refractivity contribution in [3.8, 4) is 52.3 Å². The summed E-state index contributed by atoms with van der Waals surface area (Å²) < 4.78 is 255. The third-order valence-electron chi connectivity index (χ3n) is 19.2. The fraction of sp³-hybridized carbons (Fsp3) is 0.244. The number of carbonyl (C=O) groups excluding carboxylic acids is 8. The molecule has 8 aromatic carbocycles. The van der Waals surface area contributed by atoms with Crippen LogP contribution >= 0.6 is 0 Å². The molecule has 0 fully saturated rings. The predicted octanol–water partition coefficient (Wildman–Crippen LogP) is 21.2. The molecule has 0 bridgehead atoms. The van der Waals surface area contributed by atoms with Crippen LogP contribution < -0.4 is 45.0 Å². The van der Waals surface area contributed by atoms with Gasteiger partial charge in [-0.25, -0.2) is 40.7 Å². The van der Waals surface area contributed by atoms with Crippen LogP contribution in [0, 0.1) is 24.4 Å². The van der Waals surface area contributed by atoms with E-state index in [-0.39, 0.29) is 57.6 Å². The molecule has 4 amide bonds. The Morgan fingerprint density at radius 1 is 0.341 bits per heavy atom. The molecule has 0 aliphatic heterocycles. The normalized spacial score (nSPS) is 12.4. The molecule has 42 heteroatoms. The third-order valence-corrected chi connectivity index (χ3v) is 19.2. The van der Waals surface area contributed by atoms with Gasteiger partial charge in [-0.3, -0.25) is 38.4 Å². The Labute approximate surface area is 739 Å². The number of aromatic nitrogens is 8. The molecule has 4 aromatic heterocycles. The zero-order chi connectivity index (χ0) is 97.7. The fourth-order valence-electron chi connectivity index (χ4n) is 12.5. The lowest BCUT2D eigenvalue weighted by Crippen LogP contribution is -2.28. The number of benzene rings is 8. The van der Waals surface area contributed by atoms with E-state index in [1.54, 1.807) is 127 Å². The highest BCUT2D eigenvalue weighted by Crippen LogP contribution is 2.42. The Kier molecular flexibility index (Phi) is 32.1. The molecule has 4 heterocycles. The number of nitrogens with zero attached hydrogens (tertiary/aromatic N) is 8. The number of aryl methyl sites for hydroxylation is 5. The number of halogens is 17. The van der Waals surface area contributed by atoms with Crippen LogP contribution in [0.25, 0.3) is 0 Å². The quantitative estimate of drug-likeness (QED) is 0.0289. The maximum absolute atomic E-state index is 13.6. The van der Waals surface area contributed by atoms with E-state index in [0.717, 1.165) is 70.5 Å². The van der Waals surface area contributed by atoms with Gasteiger partial charge in [0.15, 0.2) is 46.2 Å². The van der Waals surface area contributed by atoms with E-state index in [1.807, 2.05) is 0 Å². The van der Waals surface area contributed by atoms with E-state index < -0.39 is 159 Å². The van der Waals surface area contributed by atoms with Crippen molar-refractivity contribution in [3.05, 3.63) is 301 Å². The molecule has 0 spiro atoms. The molecule has 0 radical (unpaired) electrons. The number of ketones is 4. The van der Waals surface area contributed by atoms with Gasteiger partial charge in [0.25, 0.3) is 30.1 Å². The monoisotopic (exact) mass is 1860 g/mol. The molecule has 132 heavy (non-hydrogen) atoms. The topological polar surface area (TPSA) is 302 Å². The average molecular weight is 1860 g/mol. The number of amides is 4. The van der Waals surface area contributed by atoms with E-state index in [4.69, 9.17) is 18.9 Å². The van der Waals surface area contributed by atoms with Crippen molar-refractivity contribution < 1.29 is 137 Å². The van der Waals surface area contributed by atoms with Gasteiger partial charge in [0.1, 0.15) is 62.5 Å². The van der Waals surface area contributed by atoms with Crippen molar-refractivity contribution in [2.45, 2.75) is 118 Å². The number of ether oxygens (including phenoxy) is 5. The van der Waals surface area contributed by atoms with Gasteiger partial charge in [-0.1, -0.05) is 115 Å². The Morgan fingerprint density at radius 2 is 0.652 bits per heavy atom. The highest BCUT2D eigenvalue weighted by molar-refractivity contribution is 6.01. The lowest BCUT2D eigenvalue weighted by atomic mass is 10.0. The van der Waals surface area contributed by atoms with Crippen LogP contribution in [0.2, 0.25) is 0 Å². The minimum absolute atomic E-state index is 0.0432. The first-order chi connectivity index (χ1) is 61.7. The maximum atomic E-state index is 13.6. The van der Waals surface area contributed by atoms with Gasteiger partial charge in [-0.15, -0.1) is 13.2 Å². The lowest BCUT2D eigenvalue weighted by molar-refractivity contribution is -0.274. The second kappa shape index (κ2) is 42.0. The van der Waals surface area contributed by atoms with Gasteiger partial charge in [0.05, 0.1) is 35.4 Å². The molecule has 0 aliphatic rings. The zero-order valence-corrected chi connectivity index (χ0v) is 71.6. The number of rotatable bonds is 26. The van der Waals surface area contributed by atoms with Crippen LogP contribution in [0.1, 0.15) is 219 Å². The first kappa shape index (κ1) is 101. The number of alkyl halides is 14. The van der Waals surface area contributed by atoms with Crippen molar-refractivity contribution in [2.24, 2.45) is 28.2 Å². The third kappa shape index (κ3) is 26.2. The summed E-state index contributed by atoms with van der Waals surface area (Å²) >= 11 is 0. The van der Waals surface area contributed by atoms with Crippen molar-refractivity contribution in [3.63, 3.8) is 0 Å². The first-order valence-electron chi connectivity index (χ1n) is 39.0. The molecule has 0 aliphatic carbocycles. The molecule has 0 unspecified atom stereocenters. The summed E-state index contributed by atoms with van der Waals surface area (Å²) in [5.74, 6) is -9.85. The standard InChI is InChI=1S/C23H20F5N3O3.C23H22F3N3O4.C22H18F5N3O3.C22H19F4N3O3/c1-12(14-7-9-15(10-8-14)13(2)32)29-21(33)18-19(20(24)25)30-31(3)22(18)34-17-6-4-5-16(11-17)23(26,27)28;1-13(16-8-10-17(11-9-16)15(3)30)27-21(31)20-14(2)28-29(4)22(20)32-18-6-5-7-19(12-18)33-23(24,25)26;1-11(13-4-6-14(7-5-13)12(2)31)28-20(32)18-19(22(25,26)27)29-30(3)21(18)33-15-8-9-16(23)17(24)10-15;1-12(14-7-9-15(10-8-14)13(2)30)27-20(31)18-19(22(24,25)26)28-29(3)21(18)32-17-6-4-5-16(23)11-17/h4-12,20H,1-3H3,(H,29,33);5-13H,1-4H3,(H,27,31);4-11H,1-3H3,(H,28,32);4-12H,1-3H3,(H,27,31)/t12-;13-;11-;12-/m0000/s1. The van der Waals surface area contributed by atoms with Gasteiger partial charge in [0.2, 0.25) is 23.5 Å². The van der Waals surface area contributed by atoms with Crippen LogP contribution in [-0.2, 0) is 46.7 Å². The van der Waals surface area contributed by atoms with Crippen LogP contribution in [-0.4, -0.2) is 92.2 Å². The lowest BCUT2D eigenvalue weighted by Gasteiger charge is -2.16. The fourth-order valence-corrected chi connectivity index (χ4v) is 12.5. The van der Waals surface area contributed by atoms with E-state index in [0.29, 0.717) is 61.5 Å². The Bertz CT molecular complexity index is 6230. The molecule has 4 N–H and O–H groups in total. The Morgan fingerprint density at radius 3 is 1.00 bits per heavy atom. The summed E-state index contributed by atoms with van der Waals surface area (Å²) in [5, 5.41) is 24.9. The molecular formula is C90H79F17N12O13. The second-order valence-electron chi connectivity index (χ2n) is 29.2. The number of hydrogen-bond acceptors (Lipinski definition) is 17. The summed E-state index contributed by atoms with van der Waals surface area (Å²) in [6.45, 7) is 13.8. The average Bonchev–Trinajstić information content (AvgIpc) is 1.63. The van der Waals surface area contributed by atoms with E-state index in [9.17, 15) is 113 Å². The van der Waals surface area contributed by atoms with E-state index in [1.165, 1.54) is 88.9 Å². The largest absolute Gasteiger partial charge is 0.573 e. The maximum Gasteiger partial charge on any atom is 0.573 e. The summed E-state index contributed by atoms with van der Waals surface area (Å²) in [7, 11) is 5.09. The predicted molar refractivity (Wildman–Crippen MR) is 439 cm³/mol. The number of Topliss-reactive ketones (excluding diaryl/α,β-unsaturated/α-hetero) is 4. The molecule has 4 atom stereocenters. The van der Waals surface area contributed by atoms with Crippen molar-refractivity contribution in [1.29, 1.82) is 0 Å². The Balaban J connectivity index is 0.000000198. The number of carbonyl (C=O) groups is 8. The minimum Gasteiger partial charge on any atom is -0.438 e. The van der Waals surface area contributed by atoms with Gasteiger partial charge >= 0.3 is 24.9 Å². The summed E-state index contributed by atoms with van der Waals surface area (Å²) in [4.78, 5) is 97.5. The van der Waals surface area contributed by atoms with Gasteiger partial charge in [-0.05, 0) is 139 Å². The zero-order valence-electron chi connectivity index (χ0n) is 71.6. The molecule has 0 saturated carbocycles. The first-order valence-corrected chi connectivity index (χ1v) is 39.0. The van der Waals surface area contributed by atoms with Crippen molar-refractivity contribution >= 4 is 46.8 Å². The summed E-state index contributed by atoms with van der Waals surface area (Å²) in [6, 6.07) is 39.2. The van der Waals surface area contributed by atoms with Gasteiger partial charge in [0, 0.05) is 68.6 Å². The summed E-state index contributed by atoms with van der Waals surface area (Å²) in [6.07, 6.45) is -22.6. The molecule has 0 saturated heterocycles.